The molecule has 4 aromatic rings. The maximum Gasteiger partial charge on any atom is 0.291 e. The lowest BCUT2D eigenvalue weighted by molar-refractivity contribution is 0.414. The third kappa shape index (κ3) is 3.14. The second-order valence-corrected chi connectivity index (χ2v) is 6.58. The molecule has 0 unspecified atom stereocenters. The van der Waals surface area contributed by atoms with E-state index in [0.717, 1.165) is 16.9 Å². The number of rotatable bonds is 4. The number of methoxy groups -OCH3 is 1. The fraction of sp³-hybridized carbons (Fsp3) is 0.0500. The van der Waals surface area contributed by atoms with E-state index in [1.165, 1.54) is 15.9 Å². The van der Waals surface area contributed by atoms with Gasteiger partial charge in [-0.05, 0) is 23.8 Å². The second kappa shape index (κ2) is 6.93. The summed E-state index contributed by atoms with van der Waals surface area (Å²) in [6, 6.07) is 17.4. The smallest absolute Gasteiger partial charge is 0.291 e. The molecule has 0 aliphatic heterocycles. The molecular formula is C20H15N3O2S. The zero-order valence-corrected chi connectivity index (χ0v) is 14.8. The number of para-hydroxylation sites is 1. The third-order valence-corrected chi connectivity index (χ3v) is 4.81. The van der Waals surface area contributed by atoms with Crippen molar-refractivity contribution in [2.24, 2.45) is 0 Å². The standard InChI is InChI=1S/C20H15N3O2S/c1-25-16-10-6-5-9-15(16)13-17-19(24)23-20(26-17)21-18(22-23)12-11-14-7-3-2-4-8-14/h2-13H,1H3/b12-11+,17-13-. The molecule has 0 radical (unpaired) electrons. The minimum atomic E-state index is -0.178. The molecule has 5 nitrogen and oxygen atoms in total. The Bertz CT molecular complexity index is 1190. The molecule has 0 fully saturated rings. The summed E-state index contributed by atoms with van der Waals surface area (Å²) in [7, 11) is 1.61. The fourth-order valence-electron chi connectivity index (χ4n) is 2.58. The number of thiazole rings is 1. The minimum absolute atomic E-state index is 0.178. The summed E-state index contributed by atoms with van der Waals surface area (Å²) in [5.41, 5.74) is 1.72. The van der Waals surface area contributed by atoms with Crippen LogP contribution in [0.3, 0.4) is 0 Å². The van der Waals surface area contributed by atoms with E-state index in [1.54, 1.807) is 13.2 Å². The van der Waals surface area contributed by atoms with Crippen molar-refractivity contribution in [3.8, 4) is 5.75 Å². The zero-order chi connectivity index (χ0) is 17.9. The van der Waals surface area contributed by atoms with Crippen LogP contribution in [0.4, 0.5) is 0 Å². The van der Waals surface area contributed by atoms with Gasteiger partial charge < -0.3 is 4.74 Å². The van der Waals surface area contributed by atoms with Crippen LogP contribution in [0.2, 0.25) is 0 Å². The van der Waals surface area contributed by atoms with Gasteiger partial charge in [-0.1, -0.05) is 65.9 Å². The zero-order valence-electron chi connectivity index (χ0n) is 14.0. The molecular weight excluding hydrogens is 346 g/mol. The van der Waals surface area contributed by atoms with Crippen molar-refractivity contribution in [1.29, 1.82) is 0 Å². The van der Waals surface area contributed by atoms with Crippen molar-refractivity contribution in [3.05, 3.63) is 86.4 Å². The van der Waals surface area contributed by atoms with Crippen molar-refractivity contribution in [2.45, 2.75) is 0 Å². The highest BCUT2D eigenvalue weighted by Gasteiger charge is 2.09. The van der Waals surface area contributed by atoms with Crippen LogP contribution in [0.5, 0.6) is 5.75 Å². The molecule has 2 aromatic carbocycles. The molecule has 0 spiro atoms. The van der Waals surface area contributed by atoms with Crippen molar-refractivity contribution >= 4 is 34.5 Å². The molecule has 2 heterocycles. The Morgan fingerprint density at radius 3 is 2.58 bits per heavy atom. The van der Waals surface area contributed by atoms with E-state index in [9.17, 15) is 4.79 Å². The Balaban J connectivity index is 1.71. The SMILES string of the molecule is COc1ccccc1/C=c1\sc2nc(/C=C/c3ccccc3)nn2c1=O. The van der Waals surface area contributed by atoms with Crippen LogP contribution in [-0.2, 0) is 0 Å². The average molecular weight is 361 g/mol. The summed E-state index contributed by atoms with van der Waals surface area (Å²) in [6.07, 6.45) is 5.53. The lowest BCUT2D eigenvalue weighted by Crippen LogP contribution is -2.23. The lowest BCUT2D eigenvalue weighted by atomic mass is 10.2. The van der Waals surface area contributed by atoms with Gasteiger partial charge in [-0.25, -0.2) is 0 Å². The van der Waals surface area contributed by atoms with Crippen LogP contribution in [0, 0.1) is 0 Å². The highest BCUT2D eigenvalue weighted by atomic mass is 32.1. The Morgan fingerprint density at radius 1 is 1.04 bits per heavy atom. The van der Waals surface area contributed by atoms with Gasteiger partial charge in [-0.3, -0.25) is 4.79 Å². The van der Waals surface area contributed by atoms with Crippen LogP contribution < -0.4 is 14.8 Å². The van der Waals surface area contributed by atoms with Crippen LogP contribution in [0.1, 0.15) is 17.0 Å². The molecule has 0 N–H and O–H groups in total. The number of benzene rings is 2. The van der Waals surface area contributed by atoms with Gasteiger partial charge in [0.1, 0.15) is 5.75 Å². The predicted molar refractivity (Wildman–Crippen MR) is 104 cm³/mol. The Hall–Kier alpha value is -3.25. The first kappa shape index (κ1) is 16.2. The summed E-state index contributed by atoms with van der Waals surface area (Å²) in [6.45, 7) is 0. The normalized spacial score (nSPS) is 12.3. The van der Waals surface area contributed by atoms with Gasteiger partial charge in [0.15, 0.2) is 5.82 Å². The molecule has 0 saturated heterocycles. The van der Waals surface area contributed by atoms with Crippen molar-refractivity contribution in [1.82, 2.24) is 14.6 Å². The molecule has 0 saturated carbocycles. The Labute approximate surface area is 153 Å². The topological polar surface area (TPSA) is 56.5 Å². The monoisotopic (exact) mass is 361 g/mol. The highest BCUT2D eigenvalue weighted by molar-refractivity contribution is 7.15. The first-order valence-electron chi connectivity index (χ1n) is 8.02. The predicted octanol–water partition coefficient (Wildman–Crippen LogP) is 2.88. The number of hydrogen-bond acceptors (Lipinski definition) is 5. The summed E-state index contributed by atoms with van der Waals surface area (Å²) in [5, 5.41) is 4.30. The molecule has 0 atom stereocenters. The molecule has 6 heteroatoms. The largest absolute Gasteiger partial charge is 0.496 e. The first-order chi connectivity index (χ1) is 12.7. The molecule has 2 aromatic heterocycles. The summed E-state index contributed by atoms with van der Waals surface area (Å²) >= 11 is 1.31. The molecule has 0 amide bonds. The number of aromatic nitrogens is 3. The Morgan fingerprint density at radius 2 is 1.81 bits per heavy atom. The van der Waals surface area contributed by atoms with E-state index in [1.807, 2.05) is 66.7 Å². The summed E-state index contributed by atoms with van der Waals surface area (Å²) < 4.78 is 7.25. The quantitative estimate of drug-likeness (QED) is 0.561. The van der Waals surface area contributed by atoms with E-state index >= 15 is 0 Å². The third-order valence-electron chi connectivity index (χ3n) is 3.85. The van der Waals surface area contributed by atoms with Crippen LogP contribution >= 0.6 is 11.3 Å². The van der Waals surface area contributed by atoms with Gasteiger partial charge in [0.2, 0.25) is 4.96 Å². The highest BCUT2D eigenvalue weighted by Crippen LogP contribution is 2.17. The van der Waals surface area contributed by atoms with Gasteiger partial charge in [0.25, 0.3) is 5.56 Å². The van der Waals surface area contributed by atoms with Crippen molar-refractivity contribution in [3.63, 3.8) is 0 Å². The Kier molecular flexibility index (Phi) is 4.33. The molecule has 128 valence electrons. The number of hydrogen-bond donors (Lipinski definition) is 0. The molecule has 0 aliphatic carbocycles. The fourth-order valence-corrected chi connectivity index (χ4v) is 3.49. The summed E-state index contributed by atoms with van der Waals surface area (Å²) in [4.78, 5) is 17.6. The molecule has 0 bridgehead atoms. The van der Waals surface area contributed by atoms with E-state index in [4.69, 9.17) is 4.74 Å². The van der Waals surface area contributed by atoms with Gasteiger partial charge >= 0.3 is 0 Å². The first-order valence-corrected chi connectivity index (χ1v) is 8.84. The van der Waals surface area contributed by atoms with Crippen molar-refractivity contribution < 1.29 is 4.74 Å². The van der Waals surface area contributed by atoms with Gasteiger partial charge in [0, 0.05) is 5.56 Å². The van der Waals surface area contributed by atoms with E-state index in [0.29, 0.717) is 15.3 Å². The molecule has 26 heavy (non-hydrogen) atoms. The van der Waals surface area contributed by atoms with Gasteiger partial charge in [-0.15, -0.1) is 5.10 Å². The summed E-state index contributed by atoms with van der Waals surface area (Å²) in [5.74, 6) is 1.23. The van der Waals surface area contributed by atoms with Gasteiger partial charge in [0.05, 0.1) is 11.6 Å². The van der Waals surface area contributed by atoms with E-state index < -0.39 is 0 Å². The molecule has 0 aliphatic rings. The number of ether oxygens (including phenoxy) is 1. The minimum Gasteiger partial charge on any atom is -0.496 e. The number of nitrogens with zero attached hydrogens (tertiary/aromatic N) is 3. The number of fused-ring (bicyclic) bond motifs is 1. The maximum absolute atomic E-state index is 12.6. The average Bonchev–Trinajstić information content (AvgIpc) is 3.20. The van der Waals surface area contributed by atoms with Crippen LogP contribution in [-0.4, -0.2) is 21.7 Å². The van der Waals surface area contributed by atoms with E-state index in [-0.39, 0.29) is 5.56 Å². The maximum atomic E-state index is 12.6. The second-order valence-electron chi connectivity index (χ2n) is 5.57. The van der Waals surface area contributed by atoms with Gasteiger partial charge in [-0.2, -0.15) is 9.50 Å². The van der Waals surface area contributed by atoms with Crippen LogP contribution in [0.25, 0.3) is 23.2 Å². The van der Waals surface area contributed by atoms with Crippen LogP contribution in [0.15, 0.2) is 59.4 Å². The van der Waals surface area contributed by atoms with E-state index in [2.05, 4.69) is 10.1 Å². The lowest BCUT2D eigenvalue weighted by Gasteiger charge is -2.02. The van der Waals surface area contributed by atoms with Crippen molar-refractivity contribution in [2.75, 3.05) is 7.11 Å². The molecule has 4 rings (SSSR count).